The summed E-state index contributed by atoms with van der Waals surface area (Å²) in [7, 11) is 0. The van der Waals surface area contributed by atoms with E-state index in [0.29, 0.717) is 12.8 Å². The highest BCUT2D eigenvalue weighted by Crippen LogP contribution is 2.15. The first kappa shape index (κ1) is 59.9. The zero-order valence-electron chi connectivity index (χ0n) is 41.3. The van der Waals surface area contributed by atoms with Crippen LogP contribution in [0.15, 0.2) is 72.9 Å². The maximum absolute atomic E-state index is 12.7. The van der Waals surface area contributed by atoms with Crippen molar-refractivity contribution in [3.8, 4) is 0 Å². The second-order valence-corrected chi connectivity index (χ2v) is 17.4. The third kappa shape index (κ3) is 49.7. The molecule has 0 N–H and O–H groups in total. The van der Waals surface area contributed by atoms with Gasteiger partial charge in [0.1, 0.15) is 13.2 Å². The molecular weight excluding hydrogens is 781 g/mol. The molecule has 0 aliphatic heterocycles. The van der Waals surface area contributed by atoms with E-state index in [9.17, 15) is 14.4 Å². The molecule has 0 aliphatic carbocycles. The van der Waals surface area contributed by atoms with Gasteiger partial charge in [-0.3, -0.25) is 14.4 Å². The van der Waals surface area contributed by atoms with Crippen molar-refractivity contribution in [3.05, 3.63) is 72.9 Å². The summed E-state index contributed by atoms with van der Waals surface area (Å²) in [4.78, 5) is 37.9. The summed E-state index contributed by atoms with van der Waals surface area (Å²) in [5.74, 6) is -1.04. The Morgan fingerprint density at radius 2 is 0.667 bits per heavy atom. The lowest BCUT2D eigenvalue weighted by molar-refractivity contribution is -0.166. The zero-order valence-corrected chi connectivity index (χ0v) is 41.3. The maximum atomic E-state index is 12.7. The SMILES string of the molecule is CC/C=C\C/C=C\C/C=C\C/C=C\C/C=C\CC(=O)OC(COC(=O)CCCCCCCCCCC/C=C\CCCCCCCC)COC(=O)CCCCCCCCCCCCC. The molecule has 1 atom stereocenters. The number of carbonyl (C=O) groups excluding carboxylic acids is 3. The van der Waals surface area contributed by atoms with E-state index in [1.54, 1.807) is 6.08 Å². The van der Waals surface area contributed by atoms with Crippen LogP contribution in [-0.4, -0.2) is 37.2 Å². The first-order valence-corrected chi connectivity index (χ1v) is 26.4. The smallest absolute Gasteiger partial charge is 0.310 e. The van der Waals surface area contributed by atoms with Crippen molar-refractivity contribution >= 4 is 17.9 Å². The van der Waals surface area contributed by atoms with Gasteiger partial charge in [0.15, 0.2) is 6.10 Å². The number of hydrogen-bond acceptors (Lipinski definition) is 6. The number of rotatable bonds is 47. The van der Waals surface area contributed by atoms with E-state index in [4.69, 9.17) is 14.2 Å². The lowest BCUT2D eigenvalue weighted by Crippen LogP contribution is -2.30. The lowest BCUT2D eigenvalue weighted by atomic mass is 10.1. The van der Waals surface area contributed by atoms with Crippen LogP contribution in [0.4, 0.5) is 0 Å². The molecule has 0 rings (SSSR count). The van der Waals surface area contributed by atoms with E-state index in [1.165, 1.54) is 141 Å². The van der Waals surface area contributed by atoms with Crippen molar-refractivity contribution in [2.75, 3.05) is 13.2 Å². The molecule has 0 fully saturated rings. The molecule has 6 heteroatoms. The number of esters is 3. The molecule has 6 nitrogen and oxygen atoms in total. The first-order valence-electron chi connectivity index (χ1n) is 26.4. The minimum Gasteiger partial charge on any atom is -0.462 e. The summed E-state index contributed by atoms with van der Waals surface area (Å²) in [5, 5.41) is 0. The Hall–Kier alpha value is -3.15. The molecule has 362 valence electrons. The van der Waals surface area contributed by atoms with Crippen LogP contribution in [0.2, 0.25) is 0 Å². The molecule has 0 radical (unpaired) electrons. The lowest BCUT2D eigenvalue weighted by Gasteiger charge is -2.18. The number of carbonyl (C=O) groups is 3. The summed E-state index contributed by atoms with van der Waals surface area (Å²) in [5.41, 5.74) is 0. The normalized spacial score (nSPS) is 12.6. The molecular formula is C57H98O6. The molecule has 0 aliphatic rings. The van der Waals surface area contributed by atoms with Gasteiger partial charge in [0, 0.05) is 12.8 Å². The summed E-state index contributed by atoms with van der Waals surface area (Å²) in [6, 6.07) is 0. The highest BCUT2D eigenvalue weighted by molar-refractivity contribution is 5.72. The molecule has 0 saturated carbocycles. The fourth-order valence-corrected chi connectivity index (χ4v) is 7.28. The second-order valence-electron chi connectivity index (χ2n) is 17.4. The fraction of sp³-hybridized carbons (Fsp3) is 0.737. The van der Waals surface area contributed by atoms with Gasteiger partial charge in [-0.2, -0.15) is 0 Å². The number of hydrogen-bond donors (Lipinski definition) is 0. The minimum absolute atomic E-state index is 0.0986. The van der Waals surface area contributed by atoms with E-state index >= 15 is 0 Å². The topological polar surface area (TPSA) is 78.9 Å². The Morgan fingerprint density at radius 3 is 1.03 bits per heavy atom. The van der Waals surface area contributed by atoms with Gasteiger partial charge >= 0.3 is 17.9 Å². The van der Waals surface area contributed by atoms with Gasteiger partial charge in [-0.1, -0.05) is 235 Å². The molecule has 0 bridgehead atoms. The van der Waals surface area contributed by atoms with Crippen LogP contribution in [0.3, 0.4) is 0 Å². The van der Waals surface area contributed by atoms with Crippen molar-refractivity contribution in [1.29, 1.82) is 0 Å². The molecule has 0 saturated heterocycles. The van der Waals surface area contributed by atoms with E-state index in [-0.39, 0.29) is 31.6 Å². The molecule has 0 amide bonds. The highest BCUT2D eigenvalue weighted by Gasteiger charge is 2.19. The molecule has 0 spiro atoms. The van der Waals surface area contributed by atoms with E-state index in [2.05, 4.69) is 81.5 Å². The number of ether oxygens (including phenoxy) is 3. The van der Waals surface area contributed by atoms with Crippen LogP contribution >= 0.6 is 0 Å². The van der Waals surface area contributed by atoms with Crippen molar-refractivity contribution in [2.45, 2.75) is 258 Å². The third-order valence-electron chi connectivity index (χ3n) is 11.2. The van der Waals surface area contributed by atoms with E-state index < -0.39 is 12.1 Å². The van der Waals surface area contributed by atoms with Crippen LogP contribution < -0.4 is 0 Å². The summed E-state index contributed by atoms with van der Waals surface area (Å²) in [6.07, 6.45) is 64.9. The molecule has 1 unspecified atom stereocenters. The van der Waals surface area contributed by atoms with Crippen LogP contribution in [0.1, 0.15) is 252 Å². The summed E-state index contributed by atoms with van der Waals surface area (Å²) < 4.78 is 16.7. The average molecular weight is 879 g/mol. The molecule has 0 aromatic rings. The number of allylic oxidation sites excluding steroid dienone is 11. The van der Waals surface area contributed by atoms with Gasteiger partial charge in [0.05, 0.1) is 6.42 Å². The maximum Gasteiger partial charge on any atom is 0.310 e. The van der Waals surface area contributed by atoms with Crippen molar-refractivity contribution < 1.29 is 28.6 Å². The number of unbranched alkanes of at least 4 members (excludes halogenated alkanes) is 25. The van der Waals surface area contributed by atoms with Gasteiger partial charge in [-0.15, -0.1) is 0 Å². The van der Waals surface area contributed by atoms with Crippen molar-refractivity contribution in [1.82, 2.24) is 0 Å². The predicted molar refractivity (Wildman–Crippen MR) is 270 cm³/mol. The standard InChI is InChI=1S/C57H98O6/c1-4-7-10-13-16-19-22-24-26-27-28-29-31-32-35-38-41-44-47-50-56(59)62-53-54(52-61-55(58)49-46-43-40-37-34-21-18-15-12-9-6-3)63-57(60)51-48-45-42-39-36-33-30-25-23-20-17-14-11-8-5-2/h8,11,17,20,24-26,30,36,39,45,48,54H,4-7,9-10,12-16,18-19,21-23,27-29,31-35,37-38,40-44,46-47,49-53H2,1-3H3/b11-8-,20-17-,26-24-,30-25-,39-36-,48-45-. The Kier molecular flexibility index (Phi) is 48.9. The molecule has 0 aromatic carbocycles. The second kappa shape index (κ2) is 51.5. The van der Waals surface area contributed by atoms with Gasteiger partial charge in [0.25, 0.3) is 0 Å². The molecule has 63 heavy (non-hydrogen) atoms. The van der Waals surface area contributed by atoms with Crippen LogP contribution in [0.25, 0.3) is 0 Å². The van der Waals surface area contributed by atoms with Gasteiger partial charge in [0.2, 0.25) is 0 Å². The largest absolute Gasteiger partial charge is 0.462 e. The quantitative estimate of drug-likeness (QED) is 0.0262. The van der Waals surface area contributed by atoms with Crippen LogP contribution in [-0.2, 0) is 28.6 Å². The average Bonchev–Trinajstić information content (AvgIpc) is 3.28. The van der Waals surface area contributed by atoms with Crippen molar-refractivity contribution in [2.24, 2.45) is 0 Å². The van der Waals surface area contributed by atoms with Gasteiger partial charge in [-0.25, -0.2) is 0 Å². The monoisotopic (exact) mass is 879 g/mol. The first-order chi connectivity index (χ1) is 31.0. The highest BCUT2D eigenvalue weighted by atomic mass is 16.6. The van der Waals surface area contributed by atoms with Gasteiger partial charge < -0.3 is 14.2 Å². The Labute approximate surface area is 389 Å². The molecule has 0 aromatic heterocycles. The fourth-order valence-electron chi connectivity index (χ4n) is 7.28. The van der Waals surface area contributed by atoms with Gasteiger partial charge in [-0.05, 0) is 70.6 Å². The Balaban J connectivity index is 4.43. The zero-order chi connectivity index (χ0) is 45.8. The van der Waals surface area contributed by atoms with Crippen LogP contribution in [0.5, 0.6) is 0 Å². The summed E-state index contributed by atoms with van der Waals surface area (Å²) >= 11 is 0. The summed E-state index contributed by atoms with van der Waals surface area (Å²) in [6.45, 7) is 6.43. The van der Waals surface area contributed by atoms with E-state index in [1.807, 2.05) is 6.08 Å². The predicted octanol–water partition coefficient (Wildman–Crippen LogP) is 17.4. The van der Waals surface area contributed by atoms with E-state index in [0.717, 1.165) is 70.6 Å². The van der Waals surface area contributed by atoms with Crippen molar-refractivity contribution in [3.63, 3.8) is 0 Å². The minimum atomic E-state index is -0.827. The third-order valence-corrected chi connectivity index (χ3v) is 11.2. The Bertz CT molecular complexity index is 1190. The molecule has 0 heterocycles. The Morgan fingerprint density at radius 1 is 0.349 bits per heavy atom. The van der Waals surface area contributed by atoms with Crippen LogP contribution in [0, 0.1) is 0 Å².